The second-order valence-corrected chi connectivity index (χ2v) is 7.52. The van der Waals surface area contributed by atoms with Gasteiger partial charge in [0.15, 0.2) is 11.6 Å². The van der Waals surface area contributed by atoms with E-state index in [2.05, 4.69) is 12.2 Å². The third-order valence-electron chi connectivity index (χ3n) is 6.13. The Kier molecular flexibility index (Phi) is 3.56. The number of allylic oxidation sites excluding steroid dienone is 2. The van der Waals surface area contributed by atoms with Crippen LogP contribution in [0.4, 0.5) is 0 Å². The Hall–Kier alpha value is -2.68. The zero-order valence-corrected chi connectivity index (χ0v) is 14.4. The molecule has 3 heteroatoms. The summed E-state index contributed by atoms with van der Waals surface area (Å²) in [6.45, 7) is 0.388. The van der Waals surface area contributed by atoms with Crippen LogP contribution in [0, 0.1) is 23.7 Å². The van der Waals surface area contributed by atoms with Crippen molar-refractivity contribution in [1.29, 1.82) is 0 Å². The van der Waals surface area contributed by atoms with Gasteiger partial charge in [-0.1, -0.05) is 54.6 Å². The lowest BCUT2D eigenvalue weighted by Crippen LogP contribution is -2.48. The molecule has 0 amide bonds. The van der Waals surface area contributed by atoms with Crippen molar-refractivity contribution in [3.63, 3.8) is 0 Å². The summed E-state index contributed by atoms with van der Waals surface area (Å²) in [5, 5.41) is 0. The molecule has 2 bridgehead atoms. The highest BCUT2D eigenvalue weighted by Gasteiger charge is 2.52. The van der Waals surface area contributed by atoms with Crippen LogP contribution in [0.5, 0.6) is 5.75 Å². The van der Waals surface area contributed by atoms with E-state index in [1.165, 1.54) is 0 Å². The SMILES string of the molecule is O=C1c2cccc(OCc3ccccc3)c2C(=O)C2C1[C@@H]1C=C[C@H]2CC1. The fraction of sp³-hybridized carbons (Fsp3) is 0.304. The van der Waals surface area contributed by atoms with Crippen molar-refractivity contribution in [1.82, 2.24) is 0 Å². The minimum Gasteiger partial charge on any atom is -0.488 e. The van der Waals surface area contributed by atoms with E-state index in [1.807, 2.05) is 42.5 Å². The van der Waals surface area contributed by atoms with Gasteiger partial charge >= 0.3 is 0 Å². The first-order chi connectivity index (χ1) is 12.7. The highest BCUT2D eigenvalue weighted by molar-refractivity contribution is 6.18. The minimum absolute atomic E-state index is 0.0901. The maximum Gasteiger partial charge on any atom is 0.171 e. The van der Waals surface area contributed by atoms with E-state index in [-0.39, 0.29) is 35.2 Å². The molecule has 4 aliphatic rings. The molecule has 2 unspecified atom stereocenters. The van der Waals surface area contributed by atoms with Gasteiger partial charge in [-0.2, -0.15) is 0 Å². The van der Waals surface area contributed by atoms with Gasteiger partial charge in [0.05, 0.1) is 5.56 Å². The summed E-state index contributed by atoms with van der Waals surface area (Å²) in [7, 11) is 0. The molecule has 2 aromatic carbocycles. The van der Waals surface area contributed by atoms with Crippen molar-refractivity contribution >= 4 is 11.6 Å². The van der Waals surface area contributed by atoms with E-state index in [9.17, 15) is 9.59 Å². The number of ketones is 2. The molecular weight excluding hydrogens is 324 g/mol. The monoisotopic (exact) mass is 344 g/mol. The quantitative estimate of drug-likeness (QED) is 0.772. The highest BCUT2D eigenvalue weighted by atomic mass is 16.5. The Morgan fingerprint density at radius 2 is 1.50 bits per heavy atom. The van der Waals surface area contributed by atoms with E-state index in [0.717, 1.165) is 18.4 Å². The first-order valence-electron chi connectivity index (χ1n) is 9.30. The van der Waals surface area contributed by atoms with E-state index in [0.29, 0.717) is 23.5 Å². The van der Waals surface area contributed by atoms with Crippen LogP contribution in [0.2, 0.25) is 0 Å². The molecule has 4 aliphatic carbocycles. The molecule has 0 saturated heterocycles. The summed E-state index contributed by atoms with van der Waals surface area (Å²) < 4.78 is 5.98. The molecule has 6 rings (SSSR count). The Morgan fingerprint density at radius 1 is 0.808 bits per heavy atom. The van der Waals surface area contributed by atoms with Crippen molar-refractivity contribution in [2.24, 2.45) is 23.7 Å². The zero-order chi connectivity index (χ0) is 17.7. The number of benzene rings is 2. The number of fused-ring (bicyclic) bond motifs is 2. The van der Waals surface area contributed by atoms with E-state index in [1.54, 1.807) is 6.07 Å². The lowest BCUT2D eigenvalue weighted by atomic mass is 9.56. The van der Waals surface area contributed by atoms with E-state index in [4.69, 9.17) is 4.74 Å². The third kappa shape index (κ3) is 2.27. The number of carbonyl (C=O) groups excluding carboxylic acids is 2. The molecule has 130 valence electrons. The lowest BCUT2D eigenvalue weighted by molar-refractivity contribution is 0.0516. The van der Waals surface area contributed by atoms with Crippen LogP contribution in [0.25, 0.3) is 0 Å². The van der Waals surface area contributed by atoms with Crippen molar-refractivity contribution in [2.75, 3.05) is 0 Å². The number of ether oxygens (including phenoxy) is 1. The highest BCUT2D eigenvalue weighted by Crippen LogP contribution is 2.51. The molecule has 1 fully saturated rings. The molecule has 0 aromatic heterocycles. The van der Waals surface area contributed by atoms with Crippen molar-refractivity contribution in [3.05, 3.63) is 77.4 Å². The topological polar surface area (TPSA) is 43.4 Å². The van der Waals surface area contributed by atoms with Gasteiger partial charge in [-0.05, 0) is 36.3 Å². The molecule has 0 radical (unpaired) electrons. The van der Waals surface area contributed by atoms with E-state index >= 15 is 0 Å². The van der Waals surface area contributed by atoms with Crippen LogP contribution >= 0.6 is 0 Å². The fourth-order valence-corrected chi connectivity index (χ4v) is 4.90. The van der Waals surface area contributed by atoms with Gasteiger partial charge in [-0.25, -0.2) is 0 Å². The van der Waals surface area contributed by atoms with Crippen LogP contribution in [-0.2, 0) is 6.61 Å². The number of hydrogen-bond acceptors (Lipinski definition) is 3. The number of rotatable bonds is 3. The van der Waals surface area contributed by atoms with Crippen molar-refractivity contribution in [3.8, 4) is 5.75 Å². The van der Waals surface area contributed by atoms with Gasteiger partial charge in [-0.3, -0.25) is 9.59 Å². The van der Waals surface area contributed by atoms with Gasteiger partial charge in [0, 0.05) is 17.4 Å². The molecule has 2 aromatic rings. The van der Waals surface area contributed by atoms with Gasteiger partial charge in [0.2, 0.25) is 0 Å². The average Bonchev–Trinajstić information content (AvgIpc) is 2.71. The van der Waals surface area contributed by atoms with Crippen LogP contribution in [-0.4, -0.2) is 11.6 Å². The second-order valence-electron chi connectivity index (χ2n) is 7.52. The van der Waals surface area contributed by atoms with E-state index < -0.39 is 0 Å². The minimum atomic E-state index is -0.208. The smallest absolute Gasteiger partial charge is 0.171 e. The molecule has 0 N–H and O–H groups in total. The number of hydrogen-bond donors (Lipinski definition) is 0. The third-order valence-corrected chi connectivity index (χ3v) is 6.13. The van der Waals surface area contributed by atoms with Crippen LogP contribution < -0.4 is 4.74 Å². The molecule has 0 aliphatic heterocycles. The Balaban J connectivity index is 1.53. The summed E-state index contributed by atoms with van der Waals surface area (Å²) in [5.41, 5.74) is 2.08. The molecule has 0 spiro atoms. The predicted molar refractivity (Wildman–Crippen MR) is 98.2 cm³/mol. The maximum atomic E-state index is 13.4. The first-order valence-corrected chi connectivity index (χ1v) is 9.30. The predicted octanol–water partition coefficient (Wildman–Crippen LogP) is 4.47. The fourth-order valence-electron chi connectivity index (χ4n) is 4.90. The van der Waals surface area contributed by atoms with Gasteiger partial charge in [0.1, 0.15) is 12.4 Å². The molecule has 26 heavy (non-hydrogen) atoms. The normalized spacial score (nSPS) is 28.6. The molecular formula is C23H20O3. The standard InChI is InChI=1S/C23H20O3/c24-22-17-7-4-8-18(26-13-14-5-2-1-3-6-14)21(17)23(25)20-16-11-9-15(10-12-16)19(20)22/h1-9,11,15-16,19-20H,10,12-13H2/t15-,16+,19?,20?/m1/s1. The van der Waals surface area contributed by atoms with Crippen LogP contribution in [0.1, 0.15) is 39.1 Å². The van der Waals surface area contributed by atoms with Crippen molar-refractivity contribution in [2.45, 2.75) is 19.4 Å². The Bertz CT molecular complexity index is 912. The van der Waals surface area contributed by atoms with Crippen LogP contribution in [0.15, 0.2) is 60.7 Å². The summed E-state index contributed by atoms with van der Waals surface area (Å²) in [6.07, 6.45) is 6.32. The van der Waals surface area contributed by atoms with Crippen molar-refractivity contribution < 1.29 is 14.3 Å². The van der Waals surface area contributed by atoms with Gasteiger partial charge < -0.3 is 4.74 Å². The summed E-state index contributed by atoms with van der Waals surface area (Å²) >= 11 is 0. The summed E-state index contributed by atoms with van der Waals surface area (Å²) in [4.78, 5) is 26.5. The molecule has 4 atom stereocenters. The first kappa shape index (κ1) is 15.6. The maximum absolute atomic E-state index is 13.4. The molecule has 0 heterocycles. The average molecular weight is 344 g/mol. The summed E-state index contributed by atoms with van der Waals surface area (Å²) in [6, 6.07) is 15.3. The van der Waals surface area contributed by atoms with Gasteiger partial charge in [0.25, 0.3) is 0 Å². The largest absolute Gasteiger partial charge is 0.488 e. The Labute approximate surface area is 152 Å². The second kappa shape index (κ2) is 5.94. The number of Topliss-reactive ketones (excluding diaryl/α,β-unsaturated/α-hetero) is 2. The molecule has 1 saturated carbocycles. The lowest BCUT2D eigenvalue weighted by Gasteiger charge is -2.46. The summed E-state index contributed by atoms with van der Waals surface area (Å²) in [5.74, 6) is 0.762. The van der Waals surface area contributed by atoms with Gasteiger partial charge in [-0.15, -0.1) is 0 Å². The Morgan fingerprint density at radius 3 is 2.19 bits per heavy atom. The van der Waals surface area contributed by atoms with Crippen LogP contribution in [0.3, 0.4) is 0 Å². The zero-order valence-electron chi connectivity index (χ0n) is 14.4. The molecule has 3 nitrogen and oxygen atoms in total. The number of carbonyl (C=O) groups is 2.